The Morgan fingerprint density at radius 3 is 2.57 bits per heavy atom. The second-order valence-corrected chi connectivity index (χ2v) is 7.45. The summed E-state index contributed by atoms with van der Waals surface area (Å²) in [6.45, 7) is 2.32. The largest absolute Gasteiger partial charge is 0.497 e. The van der Waals surface area contributed by atoms with E-state index in [0.717, 1.165) is 18.8 Å². The molecule has 0 atom stereocenters. The smallest absolute Gasteiger partial charge is 0.277 e. The van der Waals surface area contributed by atoms with Crippen molar-refractivity contribution in [2.75, 3.05) is 20.2 Å². The summed E-state index contributed by atoms with van der Waals surface area (Å²) in [4.78, 5) is 21.9. The molecule has 0 aliphatic carbocycles. The average Bonchev–Trinajstić information content (AvgIpc) is 3.16. The molecule has 30 heavy (non-hydrogen) atoms. The summed E-state index contributed by atoms with van der Waals surface area (Å²) in [6.07, 6.45) is 1.48. The van der Waals surface area contributed by atoms with E-state index in [1.54, 1.807) is 19.2 Å². The standard InChI is InChI=1S/C22H20FN5O2/c1-30-18-8-4-14(5-9-18)16-11-27(12-16)13-20-25-22(29)19-10-24-21(28(19)26-20)15-2-6-17(23)7-3-15/h2-10,16H,11-13H2,1H3,(H,25,26,29). The van der Waals surface area contributed by atoms with Crippen LogP contribution in [-0.4, -0.2) is 44.7 Å². The highest BCUT2D eigenvalue weighted by atomic mass is 19.1. The number of halogens is 1. The van der Waals surface area contributed by atoms with E-state index in [2.05, 4.69) is 32.1 Å². The van der Waals surface area contributed by atoms with Crippen molar-refractivity contribution < 1.29 is 9.13 Å². The highest BCUT2D eigenvalue weighted by molar-refractivity contribution is 5.60. The molecule has 1 aliphatic rings. The first-order valence-electron chi connectivity index (χ1n) is 9.70. The molecule has 152 valence electrons. The maximum absolute atomic E-state index is 13.2. The van der Waals surface area contributed by atoms with Gasteiger partial charge in [0.15, 0.2) is 11.3 Å². The summed E-state index contributed by atoms with van der Waals surface area (Å²) in [5.74, 6) is 2.06. The maximum Gasteiger partial charge on any atom is 0.277 e. The molecule has 8 heteroatoms. The van der Waals surface area contributed by atoms with Crippen molar-refractivity contribution in [1.29, 1.82) is 0 Å². The second kappa shape index (κ2) is 7.38. The van der Waals surface area contributed by atoms with E-state index in [9.17, 15) is 9.18 Å². The highest BCUT2D eigenvalue weighted by Crippen LogP contribution is 2.29. The van der Waals surface area contributed by atoms with Crippen LogP contribution in [0.25, 0.3) is 16.9 Å². The molecule has 1 aliphatic heterocycles. The monoisotopic (exact) mass is 405 g/mol. The molecule has 0 bridgehead atoms. The van der Waals surface area contributed by atoms with Crippen LogP contribution in [-0.2, 0) is 6.54 Å². The van der Waals surface area contributed by atoms with Gasteiger partial charge in [-0.1, -0.05) is 12.1 Å². The van der Waals surface area contributed by atoms with Gasteiger partial charge in [-0.15, -0.1) is 0 Å². The van der Waals surface area contributed by atoms with Crippen LogP contribution >= 0.6 is 0 Å². The summed E-state index contributed by atoms with van der Waals surface area (Å²) < 4.78 is 20.0. The van der Waals surface area contributed by atoms with Gasteiger partial charge in [-0.05, 0) is 42.0 Å². The zero-order valence-electron chi connectivity index (χ0n) is 16.4. The number of aromatic amines is 1. The Labute approximate surface area is 171 Å². The number of methoxy groups -OCH3 is 1. The number of ether oxygens (including phenoxy) is 1. The molecule has 1 fully saturated rings. The number of nitrogens with one attached hydrogen (secondary N) is 1. The molecule has 0 spiro atoms. The van der Waals surface area contributed by atoms with Crippen LogP contribution in [0.2, 0.25) is 0 Å². The maximum atomic E-state index is 13.2. The lowest BCUT2D eigenvalue weighted by Crippen LogP contribution is -2.44. The van der Waals surface area contributed by atoms with E-state index < -0.39 is 0 Å². The van der Waals surface area contributed by atoms with Crippen molar-refractivity contribution in [1.82, 2.24) is 24.5 Å². The van der Waals surface area contributed by atoms with E-state index in [4.69, 9.17) is 4.74 Å². The van der Waals surface area contributed by atoms with Gasteiger partial charge in [0.2, 0.25) is 0 Å². The van der Waals surface area contributed by atoms with E-state index >= 15 is 0 Å². The number of H-pyrrole nitrogens is 1. The number of aromatic nitrogens is 4. The van der Waals surface area contributed by atoms with Crippen molar-refractivity contribution in [2.45, 2.75) is 12.5 Å². The topological polar surface area (TPSA) is 75.5 Å². The van der Waals surface area contributed by atoms with Gasteiger partial charge in [0.25, 0.3) is 5.56 Å². The first-order chi connectivity index (χ1) is 14.6. The van der Waals surface area contributed by atoms with Crippen LogP contribution in [0.15, 0.2) is 59.5 Å². The highest BCUT2D eigenvalue weighted by Gasteiger charge is 2.28. The third-order valence-electron chi connectivity index (χ3n) is 5.47. The number of benzene rings is 2. The summed E-state index contributed by atoms with van der Waals surface area (Å²) >= 11 is 0. The molecule has 3 heterocycles. The molecule has 0 amide bonds. The van der Waals surface area contributed by atoms with Crippen molar-refractivity contribution in [3.8, 4) is 17.1 Å². The van der Waals surface area contributed by atoms with Crippen molar-refractivity contribution in [2.24, 2.45) is 0 Å². The first kappa shape index (κ1) is 18.5. The number of hydrogen-bond acceptors (Lipinski definition) is 5. The summed E-state index contributed by atoms with van der Waals surface area (Å²) in [7, 11) is 1.66. The van der Waals surface area contributed by atoms with Crippen molar-refractivity contribution >= 4 is 5.52 Å². The van der Waals surface area contributed by atoms with Gasteiger partial charge in [0.05, 0.1) is 19.9 Å². The van der Waals surface area contributed by atoms with Gasteiger partial charge in [0, 0.05) is 24.6 Å². The second-order valence-electron chi connectivity index (χ2n) is 7.45. The Hall–Kier alpha value is -3.52. The van der Waals surface area contributed by atoms with E-state index in [0.29, 0.717) is 35.2 Å². The third-order valence-corrected chi connectivity index (χ3v) is 5.47. The third kappa shape index (κ3) is 3.35. The number of rotatable bonds is 5. The van der Waals surface area contributed by atoms with Gasteiger partial charge in [-0.3, -0.25) is 9.69 Å². The normalized spacial score (nSPS) is 14.7. The number of likely N-dealkylation sites (tertiary alicyclic amines) is 1. The first-order valence-corrected chi connectivity index (χ1v) is 9.70. The van der Waals surface area contributed by atoms with Crippen LogP contribution in [0.1, 0.15) is 17.3 Å². The molecule has 7 nitrogen and oxygen atoms in total. The Kier molecular flexibility index (Phi) is 4.55. The van der Waals surface area contributed by atoms with Crippen LogP contribution in [0.5, 0.6) is 5.75 Å². The lowest BCUT2D eigenvalue weighted by molar-refractivity contribution is 0.135. The number of imidazole rings is 1. The minimum absolute atomic E-state index is 0.243. The van der Waals surface area contributed by atoms with Crippen LogP contribution in [0.3, 0.4) is 0 Å². The zero-order chi connectivity index (χ0) is 20.7. The predicted molar refractivity (Wildman–Crippen MR) is 110 cm³/mol. The quantitative estimate of drug-likeness (QED) is 0.553. The van der Waals surface area contributed by atoms with Gasteiger partial charge in [-0.25, -0.2) is 13.9 Å². The van der Waals surface area contributed by atoms with Crippen LogP contribution in [0.4, 0.5) is 4.39 Å². The van der Waals surface area contributed by atoms with E-state index in [1.165, 1.54) is 28.4 Å². The molecule has 1 saturated heterocycles. The van der Waals surface area contributed by atoms with Crippen LogP contribution in [0, 0.1) is 5.82 Å². The fourth-order valence-corrected chi connectivity index (χ4v) is 3.81. The van der Waals surface area contributed by atoms with Crippen LogP contribution < -0.4 is 10.3 Å². The molecule has 0 radical (unpaired) electrons. The molecule has 0 saturated carbocycles. The van der Waals surface area contributed by atoms with Crippen molar-refractivity contribution in [3.63, 3.8) is 0 Å². The molecule has 5 rings (SSSR count). The minimum atomic E-state index is -0.324. The predicted octanol–water partition coefficient (Wildman–Crippen LogP) is 2.83. The Morgan fingerprint density at radius 2 is 1.87 bits per heavy atom. The fourth-order valence-electron chi connectivity index (χ4n) is 3.81. The average molecular weight is 405 g/mol. The number of nitrogens with zero attached hydrogens (tertiary/aromatic N) is 4. The van der Waals surface area contributed by atoms with E-state index in [1.807, 2.05) is 12.1 Å². The fraction of sp³-hybridized carbons (Fsp3) is 0.227. The SMILES string of the molecule is COc1ccc(C2CN(Cc3nn4c(-c5ccc(F)cc5)ncc4c(=O)[nH]3)C2)cc1. The minimum Gasteiger partial charge on any atom is -0.497 e. The summed E-state index contributed by atoms with van der Waals surface area (Å²) in [5, 5.41) is 4.58. The molecule has 2 aromatic carbocycles. The summed E-state index contributed by atoms with van der Waals surface area (Å²) in [5.41, 5.74) is 2.09. The zero-order valence-corrected chi connectivity index (χ0v) is 16.4. The Bertz CT molecular complexity index is 1240. The van der Waals surface area contributed by atoms with Gasteiger partial charge in [0.1, 0.15) is 17.4 Å². The summed E-state index contributed by atoms with van der Waals surface area (Å²) in [6, 6.07) is 14.1. The Morgan fingerprint density at radius 1 is 1.13 bits per heavy atom. The number of fused-ring (bicyclic) bond motifs is 1. The Balaban J connectivity index is 1.34. The van der Waals surface area contributed by atoms with Crippen molar-refractivity contribution in [3.05, 3.63) is 82.3 Å². The molecular formula is C22H20FN5O2. The molecule has 2 aromatic heterocycles. The molecule has 1 N–H and O–H groups in total. The lowest BCUT2D eigenvalue weighted by atomic mass is 9.91. The van der Waals surface area contributed by atoms with Gasteiger partial charge in [-0.2, -0.15) is 5.10 Å². The van der Waals surface area contributed by atoms with Gasteiger partial charge >= 0.3 is 0 Å². The van der Waals surface area contributed by atoms with Gasteiger partial charge < -0.3 is 9.72 Å². The molecule has 4 aromatic rings. The van der Waals surface area contributed by atoms with E-state index in [-0.39, 0.29) is 11.4 Å². The lowest BCUT2D eigenvalue weighted by Gasteiger charge is -2.39. The number of hydrogen-bond donors (Lipinski definition) is 1. The molecule has 0 unspecified atom stereocenters. The molecular weight excluding hydrogens is 385 g/mol.